The first kappa shape index (κ1) is 76.8. The molecule has 6 heteroatoms. The van der Waals surface area contributed by atoms with Gasteiger partial charge in [-0.3, -0.25) is 9.59 Å². The second-order valence-corrected chi connectivity index (χ2v) is 24.2. The molecule has 0 aromatic carbocycles. The molecule has 2 atom stereocenters. The number of carbonyl (C=O) groups excluding carboxylic acids is 2. The Labute approximate surface area is 493 Å². The first-order valence-corrected chi connectivity index (χ1v) is 35.4. The highest BCUT2D eigenvalue weighted by Gasteiger charge is 2.20. The Morgan fingerprint density at radius 1 is 0.354 bits per heavy atom. The summed E-state index contributed by atoms with van der Waals surface area (Å²) in [4.78, 5) is 24.6. The van der Waals surface area contributed by atoms with Gasteiger partial charge in [0.25, 0.3) is 0 Å². The number of carbonyl (C=O) groups is 2. The number of rotatable bonds is 66. The monoisotopic (exact) mass is 1110 g/mol. The highest BCUT2D eigenvalue weighted by molar-refractivity contribution is 5.76. The predicted octanol–water partition coefficient (Wildman–Crippen LogP) is 22.9. The smallest absolute Gasteiger partial charge is 0.305 e. The van der Waals surface area contributed by atoms with Crippen LogP contribution in [0.25, 0.3) is 0 Å². The van der Waals surface area contributed by atoms with Gasteiger partial charge in [0, 0.05) is 12.8 Å². The van der Waals surface area contributed by atoms with Gasteiger partial charge >= 0.3 is 5.97 Å². The molecule has 0 fully saturated rings. The van der Waals surface area contributed by atoms with Crippen LogP contribution in [0.4, 0.5) is 0 Å². The summed E-state index contributed by atoms with van der Waals surface area (Å²) in [5.74, 6) is -0.0261. The molecule has 0 aromatic rings. The number of aliphatic hydroxyl groups excluding tert-OH is 2. The van der Waals surface area contributed by atoms with Crippen LogP contribution in [0.15, 0.2) is 48.6 Å². The van der Waals surface area contributed by atoms with Crippen molar-refractivity contribution in [1.29, 1.82) is 0 Å². The minimum absolute atomic E-state index is 0.00688. The van der Waals surface area contributed by atoms with E-state index in [9.17, 15) is 19.8 Å². The predicted molar refractivity (Wildman–Crippen MR) is 347 cm³/mol. The van der Waals surface area contributed by atoms with E-state index < -0.39 is 12.1 Å². The van der Waals surface area contributed by atoms with Gasteiger partial charge in [0.2, 0.25) is 5.91 Å². The van der Waals surface area contributed by atoms with E-state index in [2.05, 4.69) is 67.8 Å². The van der Waals surface area contributed by atoms with Crippen LogP contribution in [-0.4, -0.2) is 47.4 Å². The van der Waals surface area contributed by atoms with Gasteiger partial charge in [-0.15, -0.1) is 0 Å². The van der Waals surface area contributed by atoms with Crippen molar-refractivity contribution >= 4 is 11.9 Å². The standard InChI is InChI=1S/C73H137NO5/c1-3-5-7-9-11-13-15-16-17-18-37-40-43-47-51-55-59-63-67-73(78)79-68-64-60-56-52-48-44-41-38-35-33-31-29-27-25-23-21-19-20-22-24-26-28-30-32-34-36-39-42-46-50-54-58-62-66-72(77)74-70(69-75)71(76)65-61-57-53-49-45-14-12-10-8-6-4-2/h13,15,17-18,23,25,29,31,70-71,75-76H,3-12,14,16,19-22,24,26-28,30,32-69H2,1-2H3,(H,74,77)/b15-13-,18-17-,25-23-,31-29-. The fraction of sp³-hybridized carbons (Fsp3) is 0.863. The number of amides is 1. The Balaban J connectivity index is 3.36. The molecule has 0 radical (unpaired) electrons. The van der Waals surface area contributed by atoms with Crippen LogP contribution in [0.1, 0.15) is 380 Å². The van der Waals surface area contributed by atoms with E-state index in [-0.39, 0.29) is 18.5 Å². The Bertz CT molecular complexity index is 1320. The van der Waals surface area contributed by atoms with Gasteiger partial charge in [-0.1, -0.05) is 326 Å². The minimum atomic E-state index is -0.662. The van der Waals surface area contributed by atoms with Gasteiger partial charge in [-0.05, 0) is 89.9 Å². The Morgan fingerprint density at radius 2 is 0.633 bits per heavy atom. The van der Waals surface area contributed by atoms with Crippen molar-refractivity contribution < 1.29 is 24.5 Å². The van der Waals surface area contributed by atoms with E-state index in [4.69, 9.17) is 4.74 Å². The first-order valence-electron chi connectivity index (χ1n) is 35.4. The largest absolute Gasteiger partial charge is 0.466 e. The molecular formula is C73H137NO5. The lowest BCUT2D eigenvalue weighted by Crippen LogP contribution is -2.45. The molecule has 3 N–H and O–H groups in total. The van der Waals surface area contributed by atoms with Crippen molar-refractivity contribution in [2.24, 2.45) is 0 Å². The van der Waals surface area contributed by atoms with Crippen LogP contribution in [0.5, 0.6) is 0 Å². The number of ether oxygens (including phenoxy) is 1. The quantitative estimate of drug-likeness (QED) is 0.0320. The molecule has 2 unspecified atom stereocenters. The Kier molecular flexibility index (Phi) is 66.4. The number of hydrogen-bond donors (Lipinski definition) is 3. The second-order valence-electron chi connectivity index (χ2n) is 24.2. The average Bonchev–Trinajstić information content (AvgIpc) is 3.45. The zero-order chi connectivity index (χ0) is 57.1. The van der Waals surface area contributed by atoms with E-state index in [1.807, 2.05) is 0 Å². The van der Waals surface area contributed by atoms with Crippen molar-refractivity contribution in [1.82, 2.24) is 5.32 Å². The number of allylic oxidation sites excluding steroid dienone is 8. The number of nitrogens with one attached hydrogen (secondary N) is 1. The van der Waals surface area contributed by atoms with Crippen molar-refractivity contribution in [2.75, 3.05) is 13.2 Å². The highest BCUT2D eigenvalue weighted by Crippen LogP contribution is 2.18. The normalized spacial score (nSPS) is 12.8. The molecule has 0 saturated heterocycles. The lowest BCUT2D eigenvalue weighted by atomic mass is 10.0. The third-order valence-electron chi connectivity index (χ3n) is 16.4. The summed E-state index contributed by atoms with van der Waals surface area (Å²) in [6, 6.07) is -0.539. The number of hydrogen-bond acceptors (Lipinski definition) is 5. The zero-order valence-electron chi connectivity index (χ0n) is 53.1. The molecule has 6 nitrogen and oxygen atoms in total. The van der Waals surface area contributed by atoms with Crippen LogP contribution in [0.3, 0.4) is 0 Å². The lowest BCUT2D eigenvalue weighted by Gasteiger charge is -2.22. The fourth-order valence-electron chi connectivity index (χ4n) is 10.9. The number of aliphatic hydroxyl groups is 2. The van der Waals surface area contributed by atoms with Gasteiger partial charge in [0.15, 0.2) is 0 Å². The van der Waals surface area contributed by atoms with Gasteiger partial charge < -0.3 is 20.3 Å². The average molecular weight is 1110 g/mol. The third-order valence-corrected chi connectivity index (χ3v) is 16.4. The topological polar surface area (TPSA) is 95.9 Å². The molecule has 0 aliphatic heterocycles. The molecule has 0 spiro atoms. The van der Waals surface area contributed by atoms with E-state index in [1.165, 1.54) is 289 Å². The summed E-state index contributed by atoms with van der Waals surface area (Å²) in [5, 5.41) is 23.2. The van der Waals surface area contributed by atoms with E-state index in [0.717, 1.165) is 57.8 Å². The molecule has 0 bridgehead atoms. The van der Waals surface area contributed by atoms with Crippen molar-refractivity contribution in [3.8, 4) is 0 Å². The van der Waals surface area contributed by atoms with Crippen LogP contribution >= 0.6 is 0 Å². The second kappa shape index (κ2) is 68.3. The lowest BCUT2D eigenvalue weighted by molar-refractivity contribution is -0.143. The molecule has 0 rings (SSSR count). The Hall–Kier alpha value is -2.18. The van der Waals surface area contributed by atoms with E-state index in [0.29, 0.717) is 25.9 Å². The molecular weight excluding hydrogens is 971 g/mol. The van der Waals surface area contributed by atoms with Gasteiger partial charge in [0.05, 0.1) is 25.4 Å². The SMILES string of the molecule is CCCCCC/C=C\C/C=C\CCCCCCCCCC(=O)OCCCCCCCCCCC/C=C\C/C=C\CCCCCCCCCCCCCCCCCCCC(=O)NC(CO)C(O)CCCCCCCCCCCCC. The summed E-state index contributed by atoms with van der Waals surface area (Å²) in [7, 11) is 0. The number of esters is 1. The van der Waals surface area contributed by atoms with Crippen LogP contribution in [0.2, 0.25) is 0 Å². The zero-order valence-corrected chi connectivity index (χ0v) is 53.1. The van der Waals surface area contributed by atoms with Crippen LogP contribution in [-0.2, 0) is 14.3 Å². The summed E-state index contributed by atoms with van der Waals surface area (Å²) in [6.45, 7) is 4.94. The molecule has 0 aromatic heterocycles. The van der Waals surface area contributed by atoms with Crippen molar-refractivity contribution in [2.45, 2.75) is 392 Å². The first-order chi connectivity index (χ1) is 39.0. The van der Waals surface area contributed by atoms with Crippen LogP contribution < -0.4 is 5.32 Å². The number of unbranched alkanes of at least 4 members (excludes halogenated alkanes) is 47. The van der Waals surface area contributed by atoms with Crippen LogP contribution in [0, 0.1) is 0 Å². The maximum absolute atomic E-state index is 12.5. The van der Waals surface area contributed by atoms with Crippen molar-refractivity contribution in [3.63, 3.8) is 0 Å². The fourth-order valence-corrected chi connectivity index (χ4v) is 10.9. The molecule has 464 valence electrons. The molecule has 0 saturated carbocycles. The summed E-state index contributed by atoms with van der Waals surface area (Å²) in [5.41, 5.74) is 0. The molecule has 0 heterocycles. The van der Waals surface area contributed by atoms with E-state index in [1.54, 1.807) is 0 Å². The molecule has 0 aliphatic carbocycles. The maximum Gasteiger partial charge on any atom is 0.305 e. The Morgan fingerprint density at radius 3 is 0.975 bits per heavy atom. The van der Waals surface area contributed by atoms with Crippen molar-refractivity contribution in [3.05, 3.63) is 48.6 Å². The third kappa shape index (κ3) is 64.8. The summed E-state index contributed by atoms with van der Waals surface area (Å²) in [6.07, 6.45) is 88.8. The van der Waals surface area contributed by atoms with E-state index >= 15 is 0 Å². The molecule has 79 heavy (non-hydrogen) atoms. The van der Waals surface area contributed by atoms with Gasteiger partial charge in [-0.25, -0.2) is 0 Å². The van der Waals surface area contributed by atoms with Gasteiger partial charge in [0.1, 0.15) is 0 Å². The summed E-state index contributed by atoms with van der Waals surface area (Å²) < 4.78 is 5.50. The highest BCUT2D eigenvalue weighted by atomic mass is 16.5. The van der Waals surface area contributed by atoms with Gasteiger partial charge in [-0.2, -0.15) is 0 Å². The molecule has 1 amide bonds. The maximum atomic E-state index is 12.5. The molecule has 0 aliphatic rings. The summed E-state index contributed by atoms with van der Waals surface area (Å²) >= 11 is 0. The minimum Gasteiger partial charge on any atom is -0.466 e.